The zero-order valence-corrected chi connectivity index (χ0v) is 14.1. The lowest BCUT2D eigenvalue weighted by molar-refractivity contribution is 0.400. The van der Waals surface area contributed by atoms with E-state index >= 15 is 0 Å². The summed E-state index contributed by atoms with van der Waals surface area (Å²) in [6.45, 7) is 4.21. The quantitative estimate of drug-likeness (QED) is 0.728. The molecule has 0 aliphatic carbocycles. The van der Waals surface area contributed by atoms with Gasteiger partial charge in [-0.2, -0.15) is 0 Å². The highest BCUT2D eigenvalue weighted by molar-refractivity contribution is 6.09. The minimum absolute atomic E-state index is 0.459. The molecule has 2 heterocycles. The van der Waals surface area contributed by atoms with Gasteiger partial charge >= 0.3 is 0 Å². The molecule has 1 unspecified atom stereocenters. The predicted octanol–water partition coefficient (Wildman–Crippen LogP) is 2.02. The summed E-state index contributed by atoms with van der Waals surface area (Å²) in [5.41, 5.74) is 4.34. The molecule has 0 spiro atoms. The van der Waals surface area contributed by atoms with E-state index in [2.05, 4.69) is 41.6 Å². The van der Waals surface area contributed by atoms with E-state index in [9.17, 15) is 0 Å². The van der Waals surface area contributed by atoms with Crippen LogP contribution in [0.15, 0.2) is 18.3 Å². The van der Waals surface area contributed by atoms with Crippen LogP contribution in [0.1, 0.15) is 24.5 Å². The molecule has 1 fully saturated rings. The first-order chi connectivity index (χ1) is 11.2. The van der Waals surface area contributed by atoms with Crippen LogP contribution in [-0.2, 0) is 6.42 Å². The van der Waals surface area contributed by atoms with Crippen molar-refractivity contribution < 1.29 is 4.74 Å². The number of nitrogens with zero attached hydrogens (tertiary/aromatic N) is 1. The van der Waals surface area contributed by atoms with E-state index in [0.717, 1.165) is 42.8 Å². The minimum atomic E-state index is 0.459. The summed E-state index contributed by atoms with van der Waals surface area (Å²) in [5, 5.41) is 14.4. The first kappa shape index (κ1) is 15.9. The summed E-state index contributed by atoms with van der Waals surface area (Å²) in [6, 6.07) is 5.23. The van der Waals surface area contributed by atoms with Gasteiger partial charge in [0.2, 0.25) is 0 Å². The predicted molar refractivity (Wildman–Crippen MR) is 95.7 cm³/mol. The number of hydrogen-bond donors (Lipinski definition) is 3. The number of methoxy groups -OCH3 is 1. The van der Waals surface area contributed by atoms with Gasteiger partial charge in [-0.1, -0.05) is 0 Å². The van der Waals surface area contributed by atoms with Gasteiger partial charge in [-0.05, 0) is 31.9 Å². The van der Waals surface area contributed by atoms with Gasteiger partial charge in [0, 0.05) is 61.0 Å². The van der Waals surface area contributed by atoms with Crippen molar-refractivity contribution in [2.24, 2.45) is 0 Å². The molecule has 0 bridgehead atoms. The summed E-state index contributed by atoms with van der Waals surface area (Å²) >= 11 is 0. The highest BCUT2D eigenvalue weighted by Gasteiger charge is 2.25. The standard InChI is InChI=1S/C18H26N4O/c1-12-4-5-16-17(22(12)2)7-6-15(18(16)23-3)13(8-19)9-21-14-10-20-11-14/h6-9,12,14,19-21H,4-5,10-11H2,1-3H3/b13-9+,19-8?. The van der Waals surface area contributed by atoms with Crippen molar-refractivity contribution in [2.75, 3.05) is 32.1 Å². The molecule has 3 N–H and O–H groups in total. The Morgan fingerprint density at radius 3 is 2.83 bits per heavy atom. The number of fused-ring (bicyclic) bond motifs is 1. The summed E-state index contributed by atoms with van der Waals surface area (Å²) in [5.74, 6) is 0.907. The van der Waals surface area contributed by atoms with E-state index in [1.807, 2.05) is 6.20 Å². The second kappa shape index (κ2) is 6.62. The van der Waals surface area contributed by atoms with Crippen LogP contribution >= 0.6 is 0 Å². The number of ether oxygens (including phenoxy) is 1. The third kappa shape index (κ3) is 2.93. The number of hydrogen-bond acceptors (Lipinski definition) is 5. The van der Waals surface area contributed by atoms with Crippen LogP contribution in [0.5, 0.6) is 5.75 Å². The third-order valence-corrected chi connectivity index (χ3v) is 5.02. The second-order valence-corrected chi connectivity index (χ2v) is 6.41. The molecule has 0 amide bonds. The number of anilines is 1. The Morgan fingerprint density at radius 2 is 2.22 bits per heavy atom. The smallest absolute Gasteiger partial charge is 0.132 e. The average Bonchev–Trinajstić information content (AvgIpc) is 2.52. The van der Waals surface area contributed by atoms with Crippen molar-refractivity contribution in [1.29, 1.82) is 5.41 Å². The molecule has 3 rings (SSSR count). The van der Waals surface area contributed by atoms with Gasteiger partial charge in [0.1, 0.15) is 5.75 Å². The number of rotatable bonds is 5. The molecule has 1 aromatic carbocycles. The molecule has 2 aliphatic rings. The number of nitrogens with one attached hydrogen (secondary N) is 3. The Labute approximate surface area is 138 Å². The number of allylic oxidation sites excluding steroid dienone is 1. The van der Waals surface area contributed by atoms with Crippen LogP contribution < -0.4 is 20.3 Å². The Bertz CT molecular complexity index is 622. The molecule has 0 aromatic heterocycles. The van der Waals surface area contributed by atoms with Crippen LogP contribution in [0.4, 0.5) is 5.69 Å². The zero-order chi connectivity index (χ0) is 16.4. The molecule has 5 heteroatoms. The SMILES string of the molecule is COc1c(/C(C=N)=C/NC2CNC2)ccc2c1CCC(C)N2C. The Morgan fingerprint density at radius 1 is 1.43 bits per heavy atom. The van der Waals surface area contributed by atoms with E-state index in [-0.39, 0.29) is 0 Å². The van der Waals surface area contributed by atoms with Gasteiger partial charge in [0.05, 0.1) is 13.2 Å². The summed E-state index contributed by atoms with van der Waals surface area (Å²) in [7, 11) is 3.86. The molecule has 1 atom stereocenters. The largest absolute Gasteiger partial charge is 0.496 e. The molecule has 0 radical (unpaired) electrons. The maximum absolute atomic E-state index is 7.79. The highest BCUT2D eigenvalue weighted by atomic mass is 16.5. The van der Waals surface area contributed by atoms with Crippen molar-refractivity contribution in [3.8, 4) is 5.75 Å². The monoisotopic (exact) mass is 314 g/mol. The van der Waals surface area contributed by atoms with Gasteiger partial charge in [-0.3, -0.25) is 0 Å². The van der Waals surface area contributed by atoms with Crippen LogP contribution in [-0.4, -0.2) is 45.5 Å². The number of benzene rings is 1. The van der Waals surface area contributed by atoms with Crippen molar-refractivity contribution in [2.45, 2.75) is 31.8 Å². The van der Waals surface area contributed by atoms with Gasteiger partial charge in [-0.15, -0.1) is 0 Å². The lowest BCUT2D eigenvalue weighted by Gasteiger charge is -2.35. The fourth-order valence-corrected chi connectivity index (χ4v) is 3.25. The topological polar surface area (TPSA) is 60.4 Å². The molecule has 1 aromatic rings. The van der Waals surface area contributed by atoms with E-state index in [4.69, 9.17) is 10.1 Å². The van der Waals surface area contributed by atoms with E-state index in [1.165, 1.54) is 17.5 Å². The molecular formula is C18H26N4O. The minimum Gasteiger partial charge on any atom is -0.496 e. The first-order valence-electron chi connectivity index (χ1n) is 8.26. The van der Waals surface area contributed by atoms with Crippen LogP contribution in [0.3, 0.4) is 0 Å². The van der Waals surface area contributed by atoms with Gasteiger partial charge in [0.15, 0.2) is 0 Å². The lowest BCUT2D eigenvalue weighted by atomic mass is 9.92. The molecule has 23 heavy (non-hydrogen) atoms. The van der Waals surface area contributed by atoms with Crippen molar-refractivity contribution in [1.82, 2.24) is 10.6 Å². The first-order valence-corrected chi connectivity index (χ1v) is 8.26. The maximum atomic E-state index is 7.79. The van der Waals surface area contributed by atoms with Gasteiger partial charge < -0.3 is 25.7 Å². The molecular weight excluding hydrogens is 288 g/mol. The maximum Gasteiger partial charge on any atom is 0.132 e. The highest BCUT2D eigenvalue weighted by Crippen LogP contribution is 2.40. The second-order valence-electron chi connectivity index (χ2n) is 6.41. The summed E-state index contributed by atoms with van der Waals surface area (Å²) in [6.07, 6.45) is 5.48. The van der Waals surface area contributed by atoms with Crippen LogP contribution in [0, 0.1) is 5.41 Å². The Balaban J connectivity index is 1.96. The third-order valence-electron chi connectivity index (χ3n) is 5.02. The Hall–Kier alpha value is -2.01. The van der Waals surface area contributed by atoms with Crippen molar-refractivity contribution in [3.05, 3.63) is 29.5 Å². The molecule has 0 saturated carbocycles. The molecule has 2 aliphatic heterocycles. The lowest BCUT2D eigenvalue weighted by Crippen LogP contribution is -2.53. The van der Waals surface area contributed by atoms with E-state index < -0.39 is 0 Å². The summed E-state index contributed by atoms with van der Waals surface area (Å²) < 4.78 is 5.75. The van der Waals surface area contributed by atoms with Crippen LogP contribution in [0.2, 0.25) is 0 Å². The summed E-state index contributed by atoms with van der Waals surface area (Å²) in [4.78, 5) is 2.32. The van der Waals surface area contributed by atoms with E-state index in [1.54, 1.807) is 7.11 Å². The van der Waals surface area contributed by atoms with Crippen molar-refractivity contribution in [3.63, 3.8) is 0 Å². The molecule has 1 saturated heterocycles. The normalized spacial score (nSPS) is 21.4. The van der Waals surface area contributed by atoms with Crippen LogP contribution in [0.25, 0.3) is 5.57 Å². The van der Waals surface area contributed by atoms with Gasteiger partial charge in [0.25, 0.3) is 0 Å². The fourth-order valence-electron chi connectivity index (χ4n) is 3.25. The van der Waals surface area contributed by atoms with E-state index in [0.29, 0.717) is 12.1 Å². The Kier molecular flexibility index (Phi) is 4.57. The molecule has 124 valence electrons. The molecule has 5 nitrogen and oxygen atoms in total. The van der Waals surface area contributed by atoms with Gasteiger partial charge in [-0.25, -0.2) is 0 Å². The fraction of sp³-hybridized carbons (Fsp3) is 0.500. The van der Waals surface area contributed by atoms with Crippen molar-refractivity contribution >= 4 is 17.5 Å². The average molecular weight is 314 g/mol. The zero-order valence-electron chi connectivity index (χ0n) is 14.1.